The number of hydrogen-bond acceptors (Lipinski definition) is 8. The average Bonchev–Trinajstić information content (AvgIpc) is 3.15. The summed E-state index contributed by atoms with van der Waals surface area (Å²) in [5.41, 5.74) is -2.67. The van der Waals surface area contributed by atoms with Crippen LogP contribution < -0.4 is 14.2 Å². The molecule has 2 heterocycles. The first-order valence-electron chi connectivity index (χ1n) is 9.86. The summed E-state index contributed by atoms with van der Waals surface area (Å²) in [5.74, 6) is -3.99. The van der Waals surface area contributed by atoms with Crippen molar-refractivity contribution < 1.29 is 43.9 Å². The third kappa shape index (κ3) is 2.97. The summed E-state index contributed by atoms with van der Waals surface area (Å²) >= 11 is 25.8. The molecule has 3 aromatic rings. The van der Waals surface area contributed by atoms with Crippen LogP contribution in [-0.4, -0.2) is 41.5 Å². The summed E-state index contributed by atoms with van der Waals surface area (Å²) < 4.78 is 22.3. The van der Waals surface area contributed by atoms with Crippen LogP contribution in [0.15, 0.2) is 18.2 Å². The van der Waals surface area contributed by atoms with Gasteiger partial charge in [-0.3, -0.25) is 0 Å². The maximum Gasteiger partial charge on any atom is 0.341 e. The van der Waals surface area contributed by atoms with Gasteiger partial charge in [0.25, 0.3) is 0 Å². The summed E-state index contributed by atoms with van der Waals surface area (Å²) in [5, 5.41) is 29.4. The minimum atomic E-state index is -1.98. The lowest BCUT2D eigenvalue weighted by Crippen LogP contribution is -2.33. The fourth-order valence-corrected chi connectivity index (χ4v) is 5.53. The first-order chi connectivity index (χ1) is 17.0. The van der Waals surface area contributed by atoms with E-state index in [0.29, 0.717) is 0 Å². The molecule has 2 aliphatic heterocycles. The molecule has 9 nitrogen and oxygen atoms in total. The van der Waals surface area contributed by atoms with E-state index < -0.39 is 39.6 Å². The highest BCUT2D eigenvalue weighted by Crippen LogP contribution is 2.64. The molecule has 13 heteroatoms. The lowest BCUT2D eigenvalue weighted by molar-refractivity contribution is 0.0223. The minimum Gasteiger partial charge on any atom is -0.503 e. The van der Waals surface area contributed by atoms with Gasteiger partial charge < -0.3 is 34.3 Å². The Hall–Kier alpha value is -3.24. The quantitative estimate of drug-likeness (QED) is 0.323. The molecule has 0 aliphatic carbocycles. The van der Waals surface area contributed by atoms with Gasteiger partial charge in [0.2, 0.25) is 0 Å². The van der Waals surface area contributed by atoms with Gasteiger partial charge in [0.1, 0.15) is 10.0 Å². The number of ether oxygens (including phenoxy) is 4. The number of benzene rings is 3. The van der Waals surface area contributed by atoms with Gasteiger partial charge in [0, 0.05) is 5.56 Å². The van der Waals surface area contributed by atoms with Crippen molar-refractivity contribution in [1.82, 2.24) is 0 Å². The Labute approximate surface area is 222 Å². The number of rotatable bonds is 3. The summed E-state index contributed by atoms with van der Waals surface area (Å²) in [4.78, 5) is 25.0. The van der Waals surface area contributed by atoms with E-state index >= 15 is 0 Å². The fraction of sp³-hybridized carbons (Fsp3) is 0.130. The van der Waals surface area contributed by atoms with Gasteiger partial charge >= 0.3 is 11.9 Å². The van der Waals surface area contributed by atoms with Crippen molar-refractivity contribution >= 4 is 58.3 Å². The molecule has 0 amide bonds. The number of halogens is 4. The number of aromatic carboxylic acids is 1. The number of esters is 1. The number of phenols is 2. The van der Waals surface area contributed by atoms with Gasteiger partial charge in [-0.2, -0.15) is 0 Å². The molecule has 3 aromatic carbocycles. The summed E-state index contributed by atoms with van der Waals surface area (Å²) in [6, 6.07) is 3.69. The van der Waals surface area contributed by atoms with E-state index in [9.17, 15) is 24.9 Å². The smallest absolute Gasteiger partial charge is 0.341 e. The zero-order valence-electron chi connectivity index (χ0n) is 18.0. The topological polar surface area (TPSA) is 132 Å². The number of carbonyl (C=O) groups excluding carboxylic acids is 1. The van der Waals surface area contributed by atoms with Crippen molar-refractivity contribution in [3.63, 3.8) is 0 Å². The Balaban J connectivity index is 2.02. The molecule has 186 valence electrons. The van der Waals surface area contributed by atoms with Crippen LogP contribution >= 0.6 is 46.4 Å². The van der Waals surface area contributed by atoms with Crippen molar-refractivity contribution in [2.45, 2.75) is 5.60 Å². The number of fused-ring (bicyclic) bond motifs is 6. The number of carboxylic acids is 1. The monoisotopic (exact) mass is 572 g/mol. The van der Waals surface area contributed by atoms with Crippen LogP contribution in [0.3, 0.4) is 0 Å². The molecule has 2 aliphatic rings. The molecule has 0 fully saturated rings. The van der Waals surface area contributed by atoms with Crippen molar-refractivity contribution in [1.29, 1.82) is 0 Å². The SMILES string of the molecule is COc1cc2c(c(Cl)c1O)Oc1c(cc(OC)c(O)c1Cl)C21OC(=O)c2c(Cl)c(C(=O)O)cc(Cl)c21. The molecular formula is C23H12Cl4O9. The lowest BCUT2D eigenvalue weighted by Gasteiger charge is -2.38. The van der Waals surface area contributed by atoms with Crippen LogP contribution in [0.5, 0.6) is 34.5 Å². The molecule has 0 unspecified atom stereocenters. The van der Waals surface area contributed by atoms with E-state index in [4.69, 9.17) is 65.4 Å². The average molecular weight is 574 g/mol. The van der Waals surface area contributed by atoms with E-state index in [1.54, 1.807) is 0 Å². The van der Waals surface area contributed by atoms with Crippen LogP contribution in [0.2, 0.25) is 20.1 Å². The van der Waals surface area contributed by atoms with Gasteiger partial charge in [0.05, 0.1) is 46.5 Å². The molecule has 3 N–H and O–H groups in total. The predicted molar refractivity (Wildman–Crippen MR) is 128 cm³/mol. The molecule has 5 rings (SSSR count). The first kappa shape index (κ1) is 24.5. The molecular weight excluding hydrogens is 562 g/mol. The highest BCUT2D eigenvalue weighted by Gasteiger charge is 2.58. The summed E-state index contributed by atoms with van der Waals surface area (Å²) in [6.45, 7) is 0. The van der Waals surface area contributed by atoms with Crippen molar-refractivity contribution in [3.8, 4) is 34.5 Å². The summed E-state index contributed by atoms with van der Waals surface area (Å²) in [6.07, 6.45) is 0. The molecule has 0 bridgehead atoms. The van der Waals surface area contributed by atoms with E-state index in [1.165, 1.54) is 26.4 Å². The van der Waals surface area contributed by atoms with Crippen molar-refractivity contribution in [2.24, 2.45) is 0 Å². The van der Waals surface area contributed by atoms with Crippen LogP contribution in [-0.2, 0) is 10.3 Å². The van der Waals surface area contributed by atoms with Crippen LogP contribution in [0, 0.1) is 0 Å². The van der Waals surface area contributed by atoms with Crippen LogP contribution in [0.25, 0.3) is 0 Å². The summed E-state index contributed by atoms with van der Waals surface area (Å²) in [7, 11) is 2.55. The van der Waals surface area contributed by atoms with Gasteiger partial charge in [-0.1, -0.05) is 46.4 Å². The van der Waals surface area contributed by atoms with E-state index in [0.717, 1.165) is 6.07 Å². The fourth-order valence-electron chi connectivity index (χ4n) is 4.42. The Bertz CT molecular complexity index is 1470. The molecule has 1 spiro atoms. The zero-order chi connectivity index (χ0) is 26.3. The maximum atomic E-state index is 13.3. The number of carbonyl (C=O) groups is 2. The number of phenolic OH excluding ortho intramolecular Hbond substituents is 2. The molecule has 0 aromatic heterocycles. The molecule has 0 saturated carbocycles. The zero-order valence-corrected chi connectivity index (χ0v) is 21.1. The molecule has 0 radical (unpaired) electrons. The second-order valence-corrected chi connectivity index (χ2v) is 9.23. The Morgan fingerprint density at radius 1 is 0.889 bits per heavy atom. The minimum absolute atomic E-state index is 0.0393. The van der Waals surface area contributed by atoms with Crippen LogP contribution in [0.1, 0.15) is 37.4 Å². The first-order valence-corrected chi connectivity index (χ1v) is 11.4. The number of carboxylic acid groups (broad SMARTS) is 1. The number of hydrogen-bond donors (Lipinski definition) is 3. The van der Waals surface area contributed by atoms with Crippen molar-refractivity contribution in [3.05, 3.63) is 66.1 Å². The number of aromatic hydroxyl groups is 2. The van der Waals surface area contributed by atoms with Gasteiger partial charge in [-0.25, -0.2) is 9.59 Å². The van der Waals surface area contributed by atoms with Gasteiger partial charge in [-0.15, -0.1) is 0 Å². The maximum absolute atomic E-state index is 13.3. The second kappa shape index (κ2) is 8.14. The Morgan fingerprint density at radius 3 is 1.83 bits per heavy atom. The van der Waals surface area contributed by atoms with Gasteiger partial charge in [0.15, 0.2) is 40.1 Å². The molecule has 36 heavy (non-hydrogen) atoms. The standard InChI is InChI=1S/C23H12Cl4O9/c1-33-10-4-7-19(15(26)17(10)28)35-20-8(5-11(34-2)18(29)16(20)27)23(7)13-9(24)3-6(21(30)31)14(25)12(13)22(32)36-23/h3-5,28-29H,1-2H3,(H,30,31). The van der Waals surface area contributed by atoms with Crippen molar-refractivity contribution in [2.75, 3.05) is 14.2 Å². The van der Waals surface area contributed by atoms with E-state index in [1.807, 2.05) is 0 Å². The highest BCUT2D eigenvalue weighted by molar-refractivity contribution is 6.40. The Kier molecular flexibility index (Phi) is 5.53. The third-order valence-corrected chi connectivity index (χ3v) is 7.36. The third-order valence-electron chi connectivity index (χ3n) is 5.97. The highest BCUT2D eigenvalue weighted by atomic mass is 35.5. The van der Waals surface area contributed by atoms with Gasteiger partial charge in [-0.05, 0) is 18.2 Å². The van der Waals surface area contributed by atoms with E-state index in [2.05, 4.69) is 0 Å². The number of methoxy groups -OCH3 is 2. The van der Waals surface area contributed by atoms with E-state index in [-0.39, 0.29) is 60.3 Å². The molecule has 0 atom stereocenters. The largest absolute Gasteiger partial charge is 0.503 e. The second-order valence-electron chi connectivity index (χ2n) is 7.68. The molecule has 0 saturated heterocycles. The normalized spacial score (nSPS) is 14.4. The Morgan fingerprint density at radius 2 is 1.39 bits per heavy atom. The van der Waals surface area contributed by atoms with Crippen LogP contribution in [0.4, 0.5) is 0 Å². The predicted octanol–water partition coefficient (Wildman–Crippen LogP) is 5.99. The lowest BCUT2D eigenvalue weighted by atomic mass is 9.77.